The number of hydrogen-bond donors (Lipinski definition) is 1. The smallest absolute Gasteiger partial charge is 0.307 e. The van der Waals surface area contributed by atoms with Crippen LogP contribution in [0.2, 0.25) is 0 Å². The van der Waals surface area contributed by atoms with Crippen molar-refractivity contribution in [3.05, 3.63) is 30.3 Å². The van der Waals surface area contributed by atoms with Crippen molar-refractivity contribution in [2.45, 2.75) is 18.2 Å². The summed E-state index contributed by atoms with van der Waals surface area (Å²) in [5, 5.41) is 3.22. The third-order valence-corrected chi connectivity index (χ3v) is 3.12. The summed E-state index contributed by atoms with van der Waals surface area (Å²) in [6, 6.07) is 10.3. The molecule has 0 aliphatic rings. The normalized spacial score (nSPS) is 10.2. The molecule has 1 aromatic rings. The Hall–Kier alpha value is -1.00. The van der Waals surface area contributed by atoms with E-state index in [0.29, 0.717) is 19.6 Å². The SMILES string of the molecule is CCOC(=O)CCNCCSc1ccccc1. The topological polar surface area (TPSA) is 38.3 Å². The van der Waals surface area contributed by atoms with Crippen molar-refractivity contribution in [1.29, 1.82) is 0 Å². The summed E-state index contributed by atoms with van der Waals surface area (Å²) in [7, 11) is 0. The van der Waals surface area contributed by atoms with Gasteiger partial charge in [0.1, 0.15) is 0 Å². The molecule has 0 aromatic heterocycles. The predicted octanol–water partition coefficient (Wildman–Crippen LogP) is 2.32. The molecule has 1 N–H and O–H groups in total. The van der Waals surface area contributed by atoms with Gasteiger partial charge in [-0.05, 0) is 19.1 Å². The minimum absolute atomic E-state index is 0.129. The van der Waals surface area contributed by atoms with Crippen LogP contribution in [0.3, 0.4) is 0 Å². The van der Waals surface area contributed by atoms with Crippen LogP contribution in [0.15, 0.2) is 35.2 Å². The average Bonchev–Trinajstić information content (AvgIpc) is 2.35. The van der Waals surface area contributed by atoms with Crippen molar-refractivity contribution in [2.75, 3.05) is 25.4 Å². The first-order valence-corrected chi connectivity index (χ1v) is 6.85. The molecule has 0 atom stereocenters. The second-order valence-corrected chi connectivity index (χ2v) is 4.63. The molecule has 1 rings (SSSR count). The summed E-state index contributed by atoms with van der Waals surface area (Å²) >= 11 is 1.81. The maximum Gasteiger partial charge on any atom is 0.307 e. The Bertz CT molecular complexity index is 316. The van der Waals surface area contributed by atoms with Gasteiger partial charge in [0.05, 0.1) is 13.0 Å². The van der Waals surface area contributed by atoms with Crippen molar-refractivity contribution < 1.29 is 9.53 Å². The molecule has 0 bridgehead atoms. The highest BCUT2D eigenvalue weighted by molar-refractivity contribution is 7.99. The van der Waals surface area contributed by atoms with Crippen molar-refractivity contribution in [1.82, 2.24) is 5.32 Å². The first-order valence-electron chi connectivity index (χ1n) is 5.87. The summed E-state index contributed by atoms with van der Waals surface area (Å²) in [6.07, 6.45) is 0.448. The van der Waals surface area contributed by atoms with E-state index >= 15 is 0 Å². The number of rotatable bonds is 8. The van der Waals surface area contributed by atoms with Crippen LogP contribution in [0.1, 0.15) is 13.3 Å². The lowest BCUT2D eigenvalue weighted by atomic mass is 10.4. The molecule has 1 aromatic carbocycles. The van der Waals surface area contributed by atoms with Gasteiger partial charge in [0.25, 0.3) is 0 Å². The highest BCUT2D eigenvalue weighted by Crippen LogP contribution is 2.15. The number of esters is 1. The van der Waals surface area contributed by atoms with Gasteiger partial charge in [-0.1, -0.05) is 18.2 Å². The van der Waals surface area contributed by atoms with E-state index in [0.717, 1.165) is 12.3 Å². The van der Waals surface area contributed by atoms with E-state index in [1.54, 1.807) is 0 Å². The van der Waals surface area contributed by atoms with Gasteiger partial charge < -0.3 is 10.1 Å². The Morgan fingerprint density at radius 1 is 1.29 bits per heavy atom. The Morgan fingerprint density at radius 3 is 2.76 bits per heavy atom. The standard InChI is InChI=1S/C13H19NO2S/c1-2-16-13(15)8-9-14-10-11-17-12-6-4-3-5-7-12/h3-7,14H,2,8-11H2,1H3. The lowest BCUT2D eigenvalue weighted by Gasteiger charge is -2.04. The number of thioether (sulfide) groups is 1. The zero-order chi connectivity index (χ0) is 12.3. The molecule has 0 spiro atoms. The zero-order valence-corrected chi connectivity index (χ0v) is 11.0. The average molecular weight is 253 g/mol. The molecule has 4 heteroatoms. The van der Waals surface area contributed by atoms with E-state index in [1.807, 2.05) is 36.9 Å². The molecular formula is C13H19NO2S. The highest BCUT2D eigenvalue weighted by Gasteiger charge is 1.99. The fraction of sp³-hybridized carbons (Fsp3) is 0.462. The molecular weight excluding hydrogens is 234 g/mol. The van der Waals surface area contributed by atoms with Crippen LogP contribution in [-0.2, 0) is 9.53 Å². The van der Waals surface area contributed by atoms with Crippen LogP contribution >= 0.6 is 11.8 Å². The van der Waals surface area contributed by atoms with Gasteiger partial charge in [0.15, 0.2) is 0 Å². The lowest BCUT2D eigenvalue weighted by molar-refractivity contribution is -0.142. The van der Waals surface area contributed by atoms with Crippen molar-refractivity contribution in [3.8, 4) is 0 Å². The second-order valence-electron chi connectivity index (χ2n) is 3.47. The summed E-state index contributed by atoms with van der Waals surface area (Å²) in [4.78, 5) is 12.3. The molecule has 0 aliphatic heterocycles. The van der Waals surface area contributed by atoms with Crippen LogP contribution in [0.5, 0.6) is 0 Å². The van der Waals surface area contributed by atoms with E-state index in [2.05, 4.69) is 17.4 Å². The molecule has 3 nitrogen and oxygen atoms in total. The molecule has 0 radical (unpaired) electrons. The predicted molar refractivity (Wildman–Crippen MR) is 71.3 cm³/mol. The fourth-order valence-corrected chi connectivity index (χ4v) is 2.14. The van der Waals surface area contributed by atoms with Gasteiger partial charge in [-0.2, -0.15) is 0 Å². The van der Waals surface area contributed by atoms with Gasteiger partial charge in [-0.25, -0.2) is 0 Å². The van der Waals surface area contributed by atoms with Gasteiger partial charge >= 0.3 is 5.97 Å². The number of carbonyl (C=O) groups is 1. The molecule has 94 valence electrons. The molecule has 0 saturated carbocycles. The quantitative estimate of drug-likeness (QED) is 0.438. The van der Waals surface area contributed by atoms with Gasteiger partial charge in [-0.3, -0.25) is 4.79 Å². The minimum atomic E-state index is -0.129. The first-order chi connectivity index (χ1) is 8.33. The fourth-order valence-electron chi connectivity index (χ4n) is 1.31. The largest absolute Gasteiger partial charge is 0.466 e. The Balaban J connectivity index is 1.96. The van der Waals surface area contributed by atoms with Crippen molar-refractivity contribution >= 4 is 17.7 Å². The molecule has 0 aliphatic carbocycles. The van der Waals surface area contributed by atoms with E-state index in [9.17, 15) is 4.79 Å². The highest BCUT2D eigenvalue weighted by atomic mass is 32.2. The van der Waals surface area contributed by atoms with Crippen LogP contribution < -0.4 is 5.32 Å². The Morgan fingerprint density at radius 2 is 2.06 bits per heavy atom. The van der Waals surface area contributed by atoms with E-state index < -0.39 is 0 Å². The van der Waals surface area contributed by atoms with Gasteiger partial charge in [0.2, 0.25) is 0 Å². The molecule has 0 unspecified atom stereocenters. The van der Waals surface area contributed by atoms with Gasteiger partial charge in [0, 0.05) is 23.7 Å². The maximum absolute atomic E-state index is 11.0. The third kappa shape index (κ3) is 7.02. The molecule has 0 heterocycles. The minimum Gasteiger partial charge on any atom is -0.466 e. The number of carbonyl (C=O) groups excluding carboxylic acids is 1. The van der Waals surface area contributed by atoms with Crippen LogP contribution in [-0.4, -0.2) is 31.4 Å². The van der Waals surface area contributed by atoms with Crippen LogP contribution in [0.25, 0.3) is 0 Å². The molecule has 17 heavy (non-hydrogen) atoms. The van der Waals surface area contributed by atoms with Gasteiger partial charge in [-0.15, -0.1) is 11.8 Å². The number of nitrogens with one attached hydrogen (secondary N) is 1. The number of ether oxygens (including phenoxy) is 1. The summed E-state index contributed by atoms with van der Waals surface area (Å²) in [5.41, 5.74) is 0. The van der Waals surface area contributed by atoms with E-state index in [1.165, 1.54) is 4.90 Å². The summed E-state index contributed by atoms with van der Waals surface area (Å²) in [5.74, 6) is 0.878. The molecule has 0 saturated heterocycles. The van der Waals surface area contributed by atoms with E-state index in [4.69, 9.17) is 4.74 Å². The zero-order valence-electron chi connectivity index (χ0n) is 10.1. The van der Waals surface area contributed by atoms with Crippen molar-refractivity contribution in [2.24, 2.45) is 0 Å². The molecule has 0 fully saturated rings. The Kier molecular flexibility index (Phi) is 7.51. The van der Waals surface area contributed by atoms with Crippen LogP contribution in [0.4, 0.5) is 0 Å². The summed E-state index contributed by atoms with van der Waals surface area (Å²) < 4.78 is 4.83. The number of benzene rings is 1. The molecule has 0 amide bonds. The van der Waals surface area contributed by atoms with E-state index in [-0.39, 0.29) is 5.97 Å². The summed E-state index contributed by atoms with van der Waals surface area (Å²) in [6.45, 7) is 3.87. The van der Waals surface area contributed by atoms with Crippen molar-refractivity contribution in [3.63, 3.8) is 0 Å². The second kappa shape index (κ2) is 9.07. The Labute approximate surface area is 107 Å². The monoisotopic (exact) mass is 253 g/mol. The third-order valence-electron chi connectivity index (χ3n) is 2.10. The first kappa shape index (κ1) is 14.1. The number of hydrogen-bond acceptors (Lipinski definition) is 4. The van der Waals surface area contributed by atoms with Crippen LogP contribution in [0, 0.1) is 0 Å². The maximum atomic E-state index is 11.0. The lowest BCUT2D eigenvalue weighted by Crippen LogP contribution is -2.21.